The molecular weight excluding hydrogens is 426 g/mol. The Hall–Kier alpha value is -2.00. The summed E-state index contributed by atoms with van der Waals surface area (Å²) in [7, 11) is 0. The van der Waals surface area contributed by atoms with Gasteiger partial charge in [0, 0.05) is 18.5 Å². The lowest BCUT2D eigenvalue weighted by molar-refractivity contribution is -0.136. The Labute approximate surface area is 194 Å². The SMILES string of the molecule is CC1CCCN(Cc2csc(NC(=O)CN3C(=O)NC4(CC(C)CC(C)(C)C4)C3=O)n2)C1. The fourth-order valence-electron chi connectivity index (χ4n) is 6.05. The summed E-state index contributed by atoms with van der Waals surface area (Å²) in [6.45, 7) is 11.3. The van der Waals surface area contributed by atoms with Crippen LogP contribution < -0.4 is 10.6 Å². The van der Waals surface area contributed by atoms with E-state index in [1.165, 1.54) is 24.2 Å². The first-order chi connectivity index (χ1) is 15.1. The maximum absolute atomic E-state index is 13.2. The minimum atomic E-state index is -0.890. The Morgan fingerprint density at radius 2 is 2.06 bits per heavy atom. The van der Waals surface area contributed by atoms with Crippen LogP contribution in [0.3, 0.4) is 0 Å². The number of carbonyl (C=O) groups is 3. The first kappa shape index (κ1) is 23.2. The minimum absolute atomic E-state index is 0.0394. The molecule has 176 valence electrons. The maximum atomic E-state index is 13.2. The summed E-state index contributed by atoms with van der Waals surface area (Å²) in [5, 5.41) is 8.15. The van der Waals surface area contributed by atoms with Crippen molar-refractivity contribution >= 4 is 34.3 Å². The van der Waals surface area contributed by atoms with Crippen molar-refractivity contribution in [1.29, 1.82) is 0 Å². The highest BCUT2D eigenvalue weighted by atomic mass is 32.1. The van der Waals surface area contributed by atoms with E-state index >= 15 is 0 Å². The van der Waals surface area contributed by atoms with E-state index in [1.807, 2.05) is 5.38 Å². The molecular formula is C23H35N5O3S. The van der Waals surface area contributed by atoms with Crippen LogP contribution in [0.5, 0.6) is 0 Å². The molecule has 32 heavy (non-hydrogen) atoms. The molecule has 1 aromatic rings. The molecule has 3 heterocycles. The number of hydrogen-bond acceptors (Lipinski definition) is 6. The third-order valence-electron chi connectivity index (χ3n) is 6.85. The molecule has 4 rings (SSSR count). The monoisotopic (exact) mass is 461 g/mol. The first-order valence-electron chi connectivity index (χ1n) is 11.7. The number of piperidine rings is 1. The van der Waals surface area contributed by atoms with Crippen molar-refractivity contribution in [2.45, 2.75) is 71.9 Å². The topological polar surface area (TPSA) is 94.6 Å². The fourth-order valence-corrected chi connectivity index (χ4v) is 6.77. The van der Waals surface area contributed by atoms with Crippen molar-refractivity contribution in [2.75, 3.05) is 25.0 Å². The van der Waals surface area contributed by atoms with Gasteiger partial charge in [0.2, 0.25) is 5.91 Å². The molecule has 3 fully saturated rings. The number of carbonyl (C=O) groups excluding carboxylic acids is 3. The summed E-state index contributed by atoms with van der Waals surface area (Å²) in [4.78, 5) is 46.5. The average molecular weight is 462 g/mol. The first-order valence-corrected chi connectivity index (χ1v) is 12.5. The minimum Gasteiger partial charge on any atom is -0.323 e. The Bertz CT molecular complexity index is 900. The second kappa shape index (κ2) is 8.74. The van der Waals surface area contributed by atoms with Crippen LogP contribution in [-0.2, 0) is 16.1 Å². The summed E-state index contributed by atoms with van der Waals surface area (Å²) in [5.41, 5.74) is 0.00704. The lowest BCUT2D eigenvalue weighted by Gasteiger charge is -2.43. The predicted molar refractivity (Wildman–Crippen MR) is 124 cm³/mol. The summed E-state index contributed by atoms with van der Waals surface area (Å²) < 4.78 is 0. The molecule has 1 spiro atoms. The van der Waals surface area contributed by atoms with E-state index < -0.39 is 17.5 Å². The highest BCUT2D eigenvalue weighted by molar-refractivity contribution is 7.13. The van der Waals surface area contributed by atoms with Gasteiger partial charge in [-0.05, 0) is 55.9 Å². The lowest BCUT2D eigenvalue weighted by atomic mass is 9.64. The molecule has 0 aromatic carbocycles. The van der Waals surface area contributed by atoms with Gasteiger partial charge in [-0.15, -0.1) is 11.3 Å². The third kappa shape index (κ3) is 4.98. The molecule has 0 bridgehead atoms. The number of urea groups is 1. The van der Waals surface area contributed by atoms with Crippen LogP contribution in [-0.4, -0.2) is 57.8 Å². The van der Waals surface area contributed by atoms with E-state index in [2.05, 4.69) is 48.2 Å². The van der Waals surface area contributed by atoms with Gasteiger partial charge >= 0.3 is 6.03 Å². The zero-order valence-electron chi connectivity index (χ0n) is 19.6. The van der Waals surface area contributed by atoms with Gasteiger partial charge < -0.3 is 10.6 Å². The fraction of sp³-hybridized carbons (Fsp3) is 0.739. The van der Waals surface area contributed by atoms with Crippen LogP contribution in [0.25, 0.3) is 0 Å². The third-order valence-corrected chi connectivity index (χ3v) is 7.66. The Balaban J connectivity index is 1.35. The van der Waals surface area contributed by atoms with Crippen molar-refractivity contribution in [2.24, 2.45) is 17.3 Å². The Kier molecular flexibility index (Phi) is 6.33. The molecule has 3 unspecified atom stereocenters. The molecule has 2 saturated heterocycles. The van der Waals surface area contributed by atoms with Gasteiger partial charge in [0.05, 0.1) is 5.69 Å². The van der Waals surface area contributed by atoms with Crippen LogP contribution in [0.1, 0.15) is 65.5 Å². The van der Waals surface area contributed by atoms with Gasteiger partial charge in [-0.2, -0.15) is 0 Å². The number of hydrogen-bond donors (Lipinski definition) is 2. The van der Waals surface area contributed by atoms with Crippen LogP contribution in [0.2, 0.25) is 0 Å². The van der Waals surface area contributed by atoms with Gasteiger partial charge in [-0.3, -0.25) is 19.4 Å². The van der Waals surface area contributed by atoms with Crippen molar-refractivity contribution in [3.8, 4) is 0 Å². The lowest BCUT2D eigenvalue weighted by Crippen LogP contribution is -2.54. The normalized spacial score (nSPS) is 30.6. The summed E-state index contributed by atoms with van der Waals surface area (Å²) >= 11 is 1.37. The number of likely N-dealkylation sites (tertiary alicyclic amines) is 1. The van der Waals surface area contributed by atoms with Crippen molar-refractivity contribution < 1.29 is 14.4 Å². The van der Waals surface area contributed by atoms with E-state index in [1.54, 1.807) is 0 Å². The summed E-state index contributed by atoms with van der Waals surface area (Å²) in [6, 6.07) is -0.478. The number of imide groups is 1. The van der Waals surface area contributed by atoms with E-state index in [-0.39, 0.29) is 17.9 Å². The van der Waals surface area contributed by atoms with E-state index in [4.69, 9.17) is 0 Å². The quantitative estimate of drug-likeness (QED) is 0.655. The predicted octanol–water partition coefficient (Wildman–Crippen LogP) is 3.45. The largest absolute Gasteiger partial charge is 0.325 e. The van der Waals surface area contributed by atoms with Gasteiger partial charge in [-0.25, -0.2) is 9.78 Å². The number of nitrogens with zero attached hydrogens (tertiary/aromatic N) is 3. The highest BCUT2D eigenvalue weighted by Crippen LogP contribution is 2.46. The maximum Gasteiger partial charge on any atom is 0.325 e. The molecule has 0 radical (unpaired) electrons. The van der Waals surface area contributed by atoms with E-state index in [0.717, 1.165) is 36.6 Å². The molecule has 9 heteroatoms. The van der Waals surface area contributed by atoms with Crippen molar-refractivity contribution in [3.63, 3.8) is 0 Å². The summed E-state index contributed by atoms with van der Waals surface area (Å²) in [6.07, 6.45) is 4.71. The number of rotatable bonds is 5. The van der Waals surface area contributed by atoms with Crippen LogP contribution in [0.15, 0.2) is 5.38 Å². The standard InChI is InChI=1S/C23H35N5O3S/c1-15-6-5-7-27(10-15)11-17-13-32-20(24-17)25-18(29)12-28-19(30)23(26-21(28)31)9-16(2)8-22(3,4)14-23/h13,15-16H,5-12,14H2,1-4H3,(H,26,31)(H,24,25,29). The van der Waals surface area contributed by atoms with Crippen LogP contribution in [0, 0.1) is 17.3 Å². The average Bonchev–Trinajstić information content (AvgIpc) is 3.17. The molecule has 4 amide bonds. The Morgan fingerprint density at radius 3 is 2.78 bits per heavy atom. The molecule has 2 N–H and O–H groups in total. The number of nitrogens with one attached hydrogen (secondary N) is 2. The Morgan fingerprint density at radius 1 is 1.28 bits per heavy atom. The van der Waals surface area contributed by atoms with E-state index in [9.17, 15) is 14.4 Å². The molecule has 1 saturated carbocycles. The zero-order valence-corrected chi connectivity index (χ0v) is 20.4. The highest BCUT2D eigenvalue weighted by Gasteiger charge is 2.56. The molecule has 3 atom stereocenters. The summed E-state index contributed by atoms with van der Waals surface area (Å²) in [5.74, 6) is 0.345. The molecule has 8 nitrogen and oxygen atoms in total. The number of thiazole rings is 1. The van der Waals surface area contributed by atoms with Gasteiger partial charge in [-0.1, -0.05) is 27.7 Å². The van der Waals surface area contributed by atoms with Crippen LogP contribution in [0.4, 0.5) is 9.93 Å². The molecule has 2 aliphatic heterocycles. The number of anilines is 1. The van der Waals surface area contributed by atoms with Gasteiger partial charge in [0.15, 0.2) is 5.13 Å². The van der Waals surface area contributed by atoms with Gasteiger partial charge in [0.25, 0.3) is 5.91 Å². The zero-order chi connectivity index (χ0) is 23.1. The second-order valence-corrected chi connectivity index (χ2v) is 11.8. The van der Waals surface area contributed by atoms with E-state index in [0.29, 0.717) is 29.8 Å². The van der Waals surface area contributed by atoms with Crippen molar-refractivity contribution in [3.05, 3.63) is 11.1 Å². The number of aromatic nitrogens is 1. The number of amides is 4. The molecule has 1 aliphatic carbocycles. The second-order valence-electron chi connectivity index (χ2n) is 10.9. The molecule has 1 aromatic heterocycles. The van der Waals surface area contributed by atoms with Crippen LogP contribution >= 0.6 is 11.3 Å². The smallest absolute Gasteiger partial charge is 0.323 e. The molecule has 3 aliphatic rings. The van der Waals surface area contributed by atoms with Crippen molar-refractivity contribution in [1.82, 2.24) is 20.1 Å². The van der Waals surface area contributed by atoms with Gasteiger partial charge in [0.1, 0.15) is 12.1 Å².